The molecule has 0 atom stereocenters. The van der Waals surface area contributed by atoms with Crippen LogP contribution in [0.1, 0.15) is 0 Å². The Bertz CT molecular complexity index is 3490. The van der Waals surface area contributed by atoms with Gasteiger partial charge in [-0.15, -0.1) is 11.3 Å². The van der Waals surface area contributed by atoms with E-state index in [2.05, 4.69) is 229 Å². The molecule has 12 rings (SSSR count). The van der Waals surface area contributed by atoms with Gasteiger partial charge in [0.25, 0.3) is 0 Å². The summed E-state index contributed by atoms with van der Waals surface area (Å²) in [6, 6.07) is 80.3. The number of benzene rings is 8. The molecule has 290 valence electrons. The summed E-state index contributed by atoms with van der Waals surface area (Å²) >= 11 is 1.85. The second kappa shape index (κ2) is 15.0. The Hall–Kier alpha value is -7.92. The second-order valence-electron chi connectivity index (χ2n) is 15.7. The van der Waals surface area contributed by atoms with E-state index in [4.69, 9.17) is 9.97 Å². The Labute approximate surface area is 363 Å². The summed E-state index contributed by atoms with van der Waals surface area (Å²) in [7, 11) is 0. The summed E-state index contributed by atoms with van der Waals surface area (Å²) in [4.78, 5) is 11.0. The number of thiophene rings is 1. The van der Waals surface area contributed by atoms with Crippen molar-refractivity contribution in [2.75, 3.05) is 0 Å². The lowest BCUT2D eigenvalue weighted by molar-refractivity contribution is 1.18. The van der Waals surface area contributed by atoms with Crippen LogP contribution < -0.4 is 0 Å². The molecule has 0 N–H and O–H groups in total. The van der Waals surface area contributed by atoms with Gasteiger partial charge >= 0.3 is 0 Å². The zero-order valence-electron chi connectivity index (χ0n) is 33.6. The predicted octanol–water partition coefficient (Wildman–Crippen LogP) is 15.9. The monoisotopic (exact) mass is 807 g/mol. The Morgan fingerprint density at radius 3 is 1.45 bits per heavy atom. The van der Waals surface area contributed by atoms with Crippen molar-refractivity contribution in [1.82, 2.24) is 14.5 Å². The molecule has 0 saturated carbocycles. The first-order valence-electron chi connectivity index (χ1n) is 21.0. The van der Waals surface area contributed by atoms with Gasteiger partial charge in [0, 0.05) is 53.2 Å². The number of hydrogen-bond donors (Lipinski definition) is 0. The Kier molecular flexibility index (Phi) is 8.68. The minimum Gasteiger partial charge on any atom is -0.308 e. The minimum atomic E-state index is 0.887. The fourth-order valence-corrected chi connectivity index (χ4v) is 10.2. The zero-order chi connectivity index (χ0) is 41.0. The van der Waals surface area contributed by atoms with Crippen LogP contribution in [-0.4, -0.2) is 14.5 Å². The fraction of sp³-hybridized carbons (Fsp3) is 0. The van der Waals surface area contributed by atoms with Gasteiger partial charge in [0.2, 0.25) is 0 Å². The van der Waals surface area contributed by atoms with Crippen LogP contribution in [0.3, 0.4) is 0 Å². The third-order valence-electron chi connectivity index (χ3n) is 12.0. The van der Waals surface area contributed by atoms with Crippen LogP contribution in [0, 0.1) is 0 Å². The lowest BCUT2D eigenvalue weighted by Crippen LogP contribution is -2.01. The molecule has 0 aliphatic heterocycles. The van der Waals surface area contributed by atoms with Gasteiger partial charge in [0.1, 0.15) is 0 Å². The predicted molar refractivity (Wildman–Crippen MR) is 262 cm³/mol. The van der Waals surface area contributed by atoms with Crippen LogP contribution >= 0.6 is 11.3 Å². The van der Waals surface area contributed by atoms with Crippen molar-refractivity contribution in [2.24, 2.45) is 0 Å². The van der Waals surface area contributed by atoms with Crippen molar-refractivity contribution >= 4 is 53.3 Å². The molecule has 0 saturated heterocycles. The first kappa shape index (κ1) is 36.0. The molecule has 4 aromatic heterocycles. The van der Waals surface area contributed by atoms with Gasteiger partial charge in [0.05, 0.1) is 39.5 Å². The molecule has 0 fully saturated rings. The van der Waals surface area contributed by atoms with Crippen molar-refractivity contribution in [3.63, 3.8) is 0 Å². The van der Waals surface area contributed by atoms with Gasteiger partial charge < -0.3 is 4.57 Å². The molecule has 0 unspecified atom stereocenters. The van der Waals surface area contributed by atoms with Gasteiger partial charge in [-0.05, 0) is 76.9 Å². The number of fused-ring (bicyclic) bond motifs is 7. The summed E-state index contributed by atoms with van der Waals surface area (Å²) in [6.07, 6.45) is 0. The van der Waals surface area contributed by atoms with Crippen LogP contribution in [0.4, 0.5) is 0 Å². The highest BCUT2D eigenvalue weighted by molar-refractivity contribution is 7.26. The van der Waals surface area contributed by atoms with E-state index in [1.165, 1.54) is 36.5 Å². The van der Waals surface area contributed by atoms with Crippen LogP contribution in [0.5, 0.6) is 0 Å². The topological polar surface area (TPSA) is 30.7 Å². The fourth-order valence-electron chi connectivity index (χ4n) is 9.07. The smallest absolute Gasteiger partial charge is 0.0737 e. The highest BCUT2D eigenvalue weighted by Crippen LogP contribution is 2.45. The lowest BCUT2D eigenvalue weighted by Gasteiger charge is -2.18. The van der Waals surface area contributed by atoms with Crippen LogP contribution in [-0.2, 0) is 0 Å². The average molecular weight is 808 g/mol. The van der Waals surface area contributed by atoms with Crippen molar-refractivity contribution in [3.8, 4) is 73.0 Å². The first-order valence-corrected chi connectivity index (χ1v) is 21.8. The molecule has 0 aliphatic carbocycles. The van der Waals surface area contributed by atoms with Gasteiger partial charge in [-0.2, -0.15) is 0 Å². The molecule has 0 amide bonds. The Morgan fingerprint density at radius 2 is 0.823 bits per heavy atom. The number of aromatic nitrogens is 3. The Morgan fingerprint density at radius 1 is 0.323 bits per heavy atom. The van der Waals surface area contributed by atoms with Gasteiger partial charge in [-0.3, -0.25) is 0 Å². The first-order chi connectivity index (χ1) is 30.7. The molecule has 0 bridgehead atoms. The van der Waals surface area contributed by atoms with Crippen LogP contribution in [0.25, 0.3) is 115 Å². The number of rotatable bonds is 7. The second-order valence-corrected chi connectivity index (χ2v) is 16.8. The highest BCUT2D eigenvalue weighted by atomic mass is 32.1. The molecule has 62 heavy (non-hydrogen) atoms. The molecule has 0 spiro atoms. The summed E-state index contributed by atoms with van der Waals surface area (Å²) in [5.41, 5.74) is 15.7. The molecular weight excluding hydrogens is 771 g/mol. The van der Waals surface area contributed by atoms with Crippen molar-refractivity contribution in [3.05, 3.63) is 224 Å². The van der Waals surface area contributed by atoms with E-state index in [1.807, 2.05) is 11.3 Å². The normalized spacial score (nSPS) is 11.5. The van der Waals surface area contributed by atoms with E-state index in [0.717, 1.165) is 78.5 Å². The van der Waals surface area contributed by atoms with Crippen molar-refractivity contribution < 1.29 is 0 Å². The number of para-hydroxylation sites is 1. The highest BCUT2D eigenvalue weighted by Gasteiger charge is 2.22. The number of pyridine rings is 2. The zero-order valence-corrected chi connectivity index (χ0v) is 34.4. The maximum absolute atomic E-state index is 5.57. The van der Waals surface area contributed by atoms with Crippen LogP contribution in [0.2, 0.25) is 0 Å². The van der Waals surface area contributed by atoms with E-state index < -0.39 is 0 Å². The maximum Gasteiger partial charge on any atom is 0.0737 e. The van der Waals surface area contributed by atoms with Crippen LogP contribution in [0.15, 0.2) is 224 Å². The average Bonchev–Trinajstić information content (AvgIpc) is 3.90. The van der Waals surface area contributed by atoms with E-state index in [9.17, 15) is 0 Å². The van der Waals surface area contributed by atoms with Gasteiger partial charge in [-0.1, -0.05) is 170 Å². The third-order valence-corrected chi connectivity index (χ3v) is 13.1. The van der Waals surface area contributed by atoms with Gasteiger partial charge in [0.15, 0.2) is 0 Å². The van der Waals surface area contributed by atoms with E-state index in [-0.39, 0.29) is 0 Å². The molecule has 8 aromatic carbocycles. The molecule has 0 radical (unpaired) electrons. The van der Waals surface area contributed by atoms with E-state index in [0.29, 0.717) is 0 Å². The van der Waals surface area contributed by atoms with Crippen molar-refractivity contribution in [2.45, 2.75) is 0 Å². The van der Waals surface area contributed by atoms with E-state index in [1.54, 1.807) is 0 Å². The molecule has 4 heteroatoms. The number of nitrogens with zero attached hydrogens (tertiary/aromatic N) is 3. The van der Waals surface area contributed by atoms with E-state index >= 15 is 0 Å². The number of hydrogen-bond acceptors (Lipinski definition) is 3. The lowest BCUT2D eigenvalue weighted by atomic mass is 9.96. The summed E-state index contributed by atoms with van der Waals surface area (Å²) in [5, 5.41) is 4.99. The molecule has 12 aromatic rings. The minimum absolute atomic E-state index is 0.887. The molecule has 3 nitrogen and oxygen atoms in total. The third kappa shape index (κ3) is 6.20. The molecule has 0 aliphatic rings. The summed E-state index contributed by atoms with van der Waals surface area (Å²) < 4.78 is 5.05. The SMILES string of the molecule is c1ccc(-c2cc(-c3ccccc3)nc(-c3ccc(-n4c5ccccc5c5ccc6sc7ccccc7c6c54)c(-c4cc(-c5ccccc5)cc(-c5ccccc5)n4)c3)c2)cc1. The summed E-state index contributed by atoms with van der Waals surface area (Å²) in [5.74, 6) is 0. The largest absolute Gasteiger partial charge is 0.308 e. The quantitative estimate of drug-likeness (QED) is 0.161. The molecular formula is C58H37N3S. The maximum atomic E-state index is 5.57. The summed E-state index contributed by atoms with van der Waals surface area (Å²) in [6.45, 7) is 0. The molecule has 4 heterocycles. The Balaban J connectivity index is 1.19. The van der Waals surface area contributed by atoms with Crippen molar-refractivity contribution in [1.29, 1.82) is 0 Å². The standard InChI is InChI=1S/C58H37N3S/c1-5-17-38(18-6-1)43-34-49(40-21-9-3-10-22-40)59-51(36-43)42-29-31-54(48(33-42)52-37-44(39-19-7-2-8-20-39)35-50(60-52)41-23-11-4-12-24-41)61-53-27-15-13-25-45(53)46-30-32-56-57(58(46)61)47-26-14-16-28-55(47)62-56/h1-37H. The van der Waals surface area contributed by atoms with Gasteiger partial charge in [-0.25, -0.2) is 9.97 Å².